The quantitative estimate of drug-likeness (QED) is 0.321. The van der Waals surface area contributed by atoms with Crippen molar-refractivity contribution in [3.63, 3.8) is 0 Å². The second kappa shape index (κ2) is 10.7. The van der Waals surface area contributed by atoms with Crippen molar-refractivity contribution in [2.75, 3.05) is 23.9 Å². The lowest BCUT2D eigenvalue weighted by atomic mass is 10.2. The largest absolute Gasteiger partial charge is 0.497 e. The Hall–Kier alpha value is -3.33. The number of carbonyl (C=O) groups is 2. The first-order valence-electron chi connectivity index (χ1n) is 10.1. The Kier molecular flexibility index (Phi) is 7.52. The van der Waals surface area contributed by atoms with Gasteiger partial charge in [0.05, 0.1) is 17.7 Å². The number of thioether (sulfide) groups is 1. The number of hydrogen-bond donors (Lipinski definition) is 1. The summed E-state index contributed by atoms with van der Waals surface area (Å²) in [6.45, 7) is -0.204. The zero-order chi connectivity index (χ0) is 24.1. The summed E-state index contributed by atoms with van der Waals surface area (Å²) in [5.41, 5.74) is 1.90. The summed E-state index contributed by atoms with van der Waals surface area (Å²) in [4.78, 5) is 27.3. The number of amides is 2. The number of thiocarbonyl (C=S) groups is 1. The van der Waals surface area contributed by atoms with Crippen LogP contribution in [0.25, 0.3) is 6.08 Å². The van der Waals surface area contributed by atoms with E-state index in [1.807, 2.05) is 12.1 Å². The average molecular weight is 511 g/mol. The van der Waals surface area contributed by atoms with Crippen molar-refractivity contribution in [3.8, 4) is 11.5 Å². The first kappa shape index (κ1) is 23.8. The van der Waals surface area contributed by atoms with E-state index in [0.29, 0.717) is 42.7 Å². The maximum atomic E-state index is 13.1. The van der Waals surface area contributed by atoms with Gasteiger partial charge in [0.1, 0.15) is 11.5 Å². The standard InChI is InChI=1S/C25H19ClN2O4S2/c1-31-20-11-9-19(10-12-20)28-24(30)22(34-25(28)33)13-16-5-2-3-8-21(16)32-15-23(29)27-18-7-4-6-17(26)14-18/h2-14H,15H2,1H3,(H,27,29)/b22-13-. The average Bonchev–Trinajstić information content (AvgIpc) is 3.11. The summed E-state index contributed by atoms with van der Waals surface area (Å²) >= 11 is 12.6. The molecule has 1 saturated heterocycles. The summed E-state index contributed by atoms with van der Waals surface area (Å²) in [5.74, 6) is 0.602. The van der Waals surface area contributed by atoms with Crippen molar-refractivity contribution in [3.05, 3.63) is 88.3 Å². The molecule has 0 atom stereocenters. The number of anilines is 2. The van der Waals surface area contributed by atoms with Gasteiger partial charge in [0, 0.05) is 16.3 Å². The minimum absolute atomic E-state index is 0.204. The molecular formula is C25H19ClN2O4S2. The van der Waals surface area contributed by atoms with Crippen molar-refractivity contribution in [1.82, 2.24) is 0 Å². The van der Waals surface area contributed by atoms with Crippen LogP contribution in [0.3, 0.4) is 0 Å². The van der Waals surface area contributed by atoms with Gasteiger partial charge in [0.25, 0.3) is 11.8 Å². The second-order valence-electron chi connectivity index (χ2n) is 7.10. The molecule has 1 heterocycles. The number of hydrogen-bond acceptors (Lipinski definition) is 6. The van der Waals surface area contributed by atoms with Crippen LogP contribution in [0.1, 0.15) is 5.56 Å². The van der Waals surface area contributed by atoms with Crippen LogP contribution in [0, 0.1) is 0 Å². The Labute approximate surface area is 211 Å². The van der Waals surface area contributed by atoms with Gasteiger partial charge in [-0.25, -0.2) is 0 Å². The van der Waals surface area contributed by atoms with E-state index in [2.05, 4.69) is 5.32 Å². The third-order valence-electron chi connectivity index (χ3n) is 4.80. The Morgan fingerprint density at radius 1 is 1.12 bits per heavy atom. The van der Waals surface area contributed by atoms with Gasteiger partial charge in [-0.1, -0.05) is 59.8 Å². The highest BCUT2D eigenvalue weighted by molar-refractivity contribution is 8.27. The molecule has 3 aromatic rings. The van der Waals surface area contributed by atoms with E-state index >= 15 is 0 Å². The van der Waals surface area contributed by atoms with Gasteiger partial charge in [-0.3, -0.25) is 14.5 Å². The van der Waals surface area contributed by atoms with E-state index in [1.54, 1.807) is 73.8 Å². The van der Waals surface area contributed by atoms with Gasteiger partial charge >= 0.3 is 0 Å². The molecule has 0 spiro atoms. The monoisotopic (exact) mass is 510 g/mol. The molecule has 9 heteroatoms. The fraction of sp³-hybridized carbons (Fsp3) is 0.0800. The minimum Gasteiger partial charge on any atom is -0.497 e. The first-order chi connectivity index (χ1) is 16.4. The van der Waals surface area contributed by atoms with Gasteiger partial charge in [0.2, 0.25) is 0 Å². The predicted molar refractivity (Wildman–Crippen MR) is 141 cm³/mol. The maximum absolute atomic E-state index is 13.1. The van der Waals surface area contributed by atoms with Gasteiger partial charge in [-0.2, -0.15) is 0 Å². The van der Waals surface area contributed by atoms with E-state index in [-0.39, 0.29) is 18.4 Å². The number of rotatable bonds is 7. The Balaban J connectivity index is 1.47. The zero-order valence-corrected chi connectivity index (χ0v) is 20.4. The molecule has 0 saturated carbocycles. The molecule has 2 amide bonds. The SMILES string of the molecule is COc1ccc(N2C(=O)/C(=C/c3ccccc3OCC(=O)Nc3cccc(Cl)c3)SC2=S)cc1. The van der Waals surface area contributed by atoms with Gasteiger partial charge in [-0.15, -0.1) is 0 Å². The molecule has 0 bridgehead atoms. The molecular weight excluding hydrogens is 492 g/mol. The van der Waals surface area contributed by atoms with E-state index < -0.39 is 0 Å². The van der Waals surface area contributed by atoms with E-state index in [1.165, 1.54) is 16.7 Å². The number of ether oxygens (including phenoxy) is 2. The number of methoxy groups -OCH3 is 1. The second-order valence-corrected chi connectivity index (χ2v) is 9.21. The van der Waals surface area contributed by atoms with Gasteiger partial charge < -0.3 is 14.8 Å². The smallest absolute Gasteiger partial charge is 0.270 e. The van der Waals surface area contributed by atoms with Crippen LogP contribution in [-0.2, 0) is 9.59 Å². The van der Waals surface area contributed by atoms with Crippen LogP contribution in [-0.4, -0.2) is 29.9 Å². The molecule has 1 aliphatic heterocycles. The van der Waals surface area contributed by atoms with Crippen LogP contribution in [0.2, 0.25) is 5.02 Å². The lowest BCUT2D eigenvalue weighted by Gasteiger charge is -2.14. The van der Waals surface area contributed by atoms with E-state index in [0.717, 1.165) is 0 Å². The van der Waals surface area contributed by atoms with Crippen LogP contribution >= 0.6 is 35.6 Å². The molecule has 0 radical (unpaired) electrons. The van der Waals surface area contributed by atoms with Crippen molar-refractivity contribution >= 4 is 69.2 Å². The highest BCUT2D eigenvalue weighted by Crippen LogP contribution is 2.37. The molecule has 6 nitrogen and oxygen atoms in total. The molecule has 4 rings (SSSR count). The van der Waals surface area contributed by atoms with E-state index in [9.17, 15) is 9.59 Å². The fourth-order valence-electron chi connectivity index (χ4n) is 3.20. The summed E-state index contributed by atoms with van der Waals surface area (Å²) in [7, 11) is 1.58. The molecule has 0 unspecified atom stereocenters. The van der Waals surface area contributed by atoms with Crippen molar-refractivity contribution in [2.24, 2.45) is 0 Å². The zero-order valence-electron chi connectivity index (χ0n) is 18.0. The number of carbonyl (C=O) groups excluding carboxylic acids is 2. The number of para-hydroxylation sites is 1. The maximum Gasteiger partial charge on any atom is 0.270 e. The molecule has 1 N–H and O–H groups in total. The number of nitrogens with one attached hydrogen (secondary N) is 1. The number of benzene rings is 3. The Morgan fingerprint density at radius 2 is 1.88 bits per heavy atom. The summed E-state index contributed by atoms with van der Waals surface area (Å²) < 4.78 is 11.3. The molecule has 3 aromatic carbocycles. The molecule has 0 aromatic heterocycles. The van der Waals surface area contributed by atoms with Crippen LogP contribution in [0.5, 0.6) is 11.5 Å². The summed E-state index contributed by atoms with van der Waals surface area (Å²) in [5, 5.41) is 3.26. The molecule has 34 heavy (non-hydrogen) atoms. The summed E-state index contributed by atoms with van der Waals surface area (Å²) in [6, 6.07) is 21.1. The lowest BCUT2D eigenvalue weighted by Crippen LogP contribution is -2.27. The van der Waals surface area contributed by atoms with Crippen molar-refractivity contribution in [2.45, 2.75) is 0 Å². The van der Waals surface area contributed by atoms with Crippen LogP contribution in [0.15, 0.2) is 77.7 Å². The van der Waals surface area contributed by atoms with Gasteiger partial charge in [-0.05, 0) is 54.6 Å². The minimum atomic E-state index is -0.331. The van der Waals surface area contributed by atoms with Crippen LogP contribution < -0.4 is 19.7 Å². The number of nitrogens with zero attached hydrogens (tertiary/aromatic N) is 1. The molecule has 1 fully saturated rings. The number of halogens is 1. The molecule has 0 aliphatic carbocycles. The van der Waals surface area contributed by atoms with Crippen molar-refractivity contribution < 1.29 is 19.1 Å². The summed E-state index contributed by atoms with van der Waals surface area (Å²) in [6.07, 6.45) is 1.72. The normalized spacial score (nSPS) is 14.4. The first-order valence-corrected chi connectivity index (χ1v) is 11.7. The van der Waals surface area contributed by atoms with Gasteiger partial charge in [0.15, 0.2) is 10.9 Å². The Morgan fingerprint density at radius 3 is 2.62 bits per heavy atom. The highest BCUT2D eigenvalue weighted by Gasteiger charge is 2.33. The third kappa shape index (κ3) is 5.59. The fourth-order valence-corrected chi connectivity index (χ4v) is 4.68. The van der Waals surface area contributed by atoms with E-state index in [4.69, 9.17) is 33.3 Å². The topological polar surface area (TPSA) is 67.9 Å². The van der Waals surface area contributed by atoms with Crippen molar-refractivity contribution in [1.29, 1.82) is 0 Å². The lowest BCUT2D eigenvalue weighted by molar-refractivity contribution is -0.118. The predicted octanol–water partition coefficient (Wildman–Crippen LogP) is 5.77. The van der Waals surface area contributed by atoms with Crippen LogP contribution in [0.4, 0.5) is 11.4 Å². The Bertz CT molecular complexity index is 1280. The molecule has 1 aliphatic rings. The highest BCUT2D eigenvalue weighted by atomic mass is 35.5. The third-order valence-corrected chi connectivity index (χ3v) is 6.33. The molecule has 172 valence electrons.